The minimum absolute atomic E-state index is 0.0436. The minimum atomic E-state index is -0.147. The highest BCUT2D eigenvalue weighted by molar-refractivity contribution is 8.00. The fraction of sp³-hybridized carbons (Fsp3) is 0.467. The Bertz CT molecular complexity index is 462. The Labute approximate surface area is 130 Å². The predicted molar refractivity (Wildman–Crippen MR) is 87.6 cm³/mol. The van der Waals surface area contributed by atoms with Crippen LogP contribution in [0.5, 0.6) is 0 Å². The maximum absolute atomic E-state index is 11.9. The van der Waals surface area contributed by atoms with E-state index in [0.717, 1.165) is 23.5 Å². The van der Waals surface area contributed by atoms with E-state index in [0.29, 0.717) is 6.54 Å². The summed E-state index contributed by atoms with van der Waals surface area (Å²) < 4.78 is 0. The van der Waals surface area contributed by atoms with Crippen molar-refractivity contribution in [2.75, 3.05) is 25.5 Å². The van der Waals surface area contributed by atoms with Crippen LogP contribution in [0.15, 0.2) is 29.2 Å². The van der Waals surface area contributed by atoms with Gasteiger partial charge in [0.1, 0.15) is 0 Å². The van der Waals surface area contributed by atoms with E-state index in [2.05, 4.69) is 16.0 Å². The van der Waals surface area contributed by atoms with Crippen LogP contribution in [-0.2, 0) is 9.59 Å². The molecule has 21 heavy (non-hydrogen) atoms. The van der Waals surface area contributed by atoms with Crippen molar-refractivity contribution in [3.63, 3.8) is 0 Å². The van der Waals surface area contributed by atoms with Crippen LogP contribution in [-0.4, -0.2) is 37.2 Å². The number of hydrogen-bond acceptors (Lipinski definition) is 4. The molecule has 1 atom stereocenters. The van der Waals surface area contributed by atoms with Gasteiger partial charge in [-0.05, 0) is 51.2 Å². The number of hydrogen-bond donors (Lipinski definition) is 3. The highest BCUT2D eigenvalue weighted by Gasteiger charge is 2.13. The van der Waals surface area contributed by atoms with Crippen LogP contribution in [0.25, 0.3) is 0 Å². The Hall–Kier alpha value is -1.53. The lowest BCUT2D eigenvalue weighted by Crippen LogP contribution is -2.32. The van der Waals surface area contributed by atoms with Crippen molar-refractivity contribution in [2.45, 2.75) is 30.4 Å². The van der Waals surface area contributed by atoms with E-state index in [4.69, 9.17) is 0 Å². The lowest BCUT2D eigenvalue weighted by Gasteiger charge is -2.12. The molecule has 1 rings (SSSR count). The number of carbonyl (C=O) groups is 2. The van der Waals surface area contributed by atoms with Crippen molar-refractivity contribution >= 4 is 29.3 Å². The van der Waals surface area contributed by atoms with Crippen LogP contribution >= 0.6 is 11.8 Å². The Morgan fingerprint density at radius 2 is 1.86 bits per heavy atom. The first-order chi connectivity index (χ1) is 10.0. The molecule has 0 spiro atoms. The van der Waals surface area contributed by atoms with Crippen LogP contribution < -0.4 is 16.0 Å². The zero-order valence-corrected chi connectivity index (χ0v) is 13.5. The maximum Gasteiger partial charge on any atom is 0.233 e. The second kappa shape index (κ2) is 9.41. The van der Waals surface area contributed by atoms with Gasteiger partial charge in [0.05, 0.1) is 5.25 Å². The van der Waals surface area contributed by atoms with Gasteiger partial charge in [-0.3, -0.25) is 9.59 Å². The summed E-state index contributed by atoms with van der Waals surface area (Å²) in [7, 11) is 1.89. The molecule has 0 saturated carbocycles. The smallest absolute Gasteiger partial charge is 0.233 e. The first-order valence-electron chi connectivity index (χ1n) is 6.99. The second-order valence-corrected chi connectivity index (χ2v) is 6.13. The van der Waals surface area contributed by atoms with Crippen molar-refractivity contribution in [2.24, 2.45) is 0 Å². The molecule has 0 radical (unpaired) electrons. The summed E-state index contributed by atoms with van der Waals surface area (Å²) in [6, 6.07) is 7.48. The van der Waals surface area contributed by atoms with Gasteiger partial charge in [-0.1, -0.05) is 0 Å². The molecule has 0 aliphatic carbocycles. The summed E-state index contributed by atoms with van der Waals surface area (Å²) >= 11 is 1.50. The Kier molecular flexibility index (Phi) is 7.85. The Morgan fingerprint density at radius 1 is 1.19 bits per heavy atom. The normalized spacial score (nSPS) is 11.8. The van der Waals surface area contributed by atoms with Crippen molar-refractivity contribution in [1.29, 1.82) is 0 Å². The van der Waals surface area contributed by atoms with E-state index in [1.807, 2.05) is 38.2 Å². The number of thioether (sulfide) groups is 1. The van der Waals surface area contributed by atoms with Gasteiger partial charge in [0.2, 0.25) is 11.8 Å². The molecule has 3 N–H and O–H groups in total. The summed E-state index contributed by atoms with van der Waals surface area (Å²) in [5.41, 5.74) is 0.760. The van der Waals surface area contributed by atoms with Crippen LogP contribution in [0.4, 0.5) is 5.69 Å². The monoisotopic (exact) mass is 309 g/mol. The number of amides is 2. The maximum atomic E-state index is 11.9. The Balaban J connectivity index is 2.41. The van der Waals surface area contributed by atoms with E-state index in [1.54, 1.807) is 0 Å². The fourth-order valence-corrected chi connectivity index (χ4v) is 2.59. The molecule has 1 aromatic carbocycles. The number of rotatable bonds is 8. The van der Waals surface area contributed by atoms with E-state index in [9.17, 15) is 9.59 Å². The summed E-state index contributed by atoms with van der Waals surface area (Å²) in [5, 5.41) is 8.53. The quantitative estimate of drug-likeness (QED) is 0.506. The topological polar surface area (TPSA) is 70.2 Å². The van der Waals surface area contributed by atoms with Crippen molar-refractivity contribution in [1.82, 2.24) is 10.6 Å². The number of benzene rings is 1. The summed E-state index contributed by atoms with van der Waals surface area (Å²) in [4.78, 5) is 23.9. The molecular weight excluding hydrogens is 286 g/mol. The van der Waals surface area contributed by atoms with Gasteiger partial charge >= 0.3 is 0 Å². The first-order valence-corrected chi connectivity index (χ1v) is 7.87. The fourth-order valence-electron chi connectivity index (χ4n) is 1.70. The average molecular weight is 309 g/mol. The first kappa shape index (κ1) is 17.5. The molecule has 0 aliphatic heterocycles. The van der Waals surface area contributed by atoms with E-state index in [-0.39, 0.29) is 17.1 Å². The molecule has 1 unspecified atom stereocenters. The van der Waals surface area contributed by atoms with Crippen LogP contribution in [0.1, 0.15) is 20.3 Å². The molecule has 1 aromatic rings. The third-order valence-electron chi connectivity index (χ3n) is 2.76. The molecule has 0 bridgehead atoms. The van der Waals surface area contributed by atoms with E-state index in [1.165, 1.54) is 18.7 Å². The van der Waals surface area contributed by atoms with Crippen molar-refractivity contribution < 1.29 is 9.59 Å². The summed E-state index contributed by atoms with van der Waals surface area (Å²) in [6.07, 6.45) is 0.922. The highest BCUT2D eigenvalue weighted by Crippen LogP contribution is 2.24. The lowest BCUT2D eigenvalue weighted by atomic mass is 10.3. The molecular formula is C15H23N3O2S. The summed E-state index contributed by atoms with van der Waals surface area (Å²) in [5.74, 6) is -0.0493. The molecule has 6 heteroatoms. The molecule has 0 heterocycles. The number of nitrogens with one attached hydrogen (secondary N) is 3. The lowest BCUT2D eigenvalue weighted by molar-refractivity contribution is -0.120. The van der Waals surface area contributed by atoms with Gasteiger partial charge in [0, 0.05) is 24.1 Å². The van der Waals surface area contributed by atoms with E-state index < -0.39 is 0 Å². The zero-order valence-electron chi connectivity index (χ0n) is 12.7. The van der Waals surface area contributed by atoms with Crippen LogP contribution in [0.3, 0.4) is 0 Å². The Morgan fingerprint density at radius 3 is 2.43 bits per heavy atom. The summed E-state index contributed by atoms with van der Waals surface area (Å²) in [6.45, 7) is 4.95. The van der Waals surface area contributed by atoms with Crippen molar-refractivity contribution in [3.8, 4) is 0 Å². The van der Waals surface area contributed by atoms with Gasteiger partial charge < -0.3 is 16.0 Å². The second-order valence-electron chi connectivity index (χ2n) is 4.71. The number of carbonyl (C=O) groups excluding carboxylic acids is 2. The van der Waals surface area contributed by atoms with Gasteiger partial charge in [-0.15, -0.1) is 11.8 Å². The molecule has 0 fully saturated rings. The molecule has 0 aromatic heterocycles. The van der Waals surface area contributed by atoms with Gasteiger partial charge in [-0.2, -0.15) is 0 Å². The number of anilines is 1. The molecule has 5 nitrogen and oxygen atoms in total. The standard InChI is InChI=1S/C15H23N3O2S/c1-11(15(20)17-10-4-9-16-3)21-14-7-5-13(6-8-14)18-12(2)19/h5-8,11,16H,4,9-10H2,1-3H3,(H,17,20)(H,18,19). The minimum Gasteiger partial charge on any atom is -0.355 e. The van der Waals surface area contributed by atoms with Crippen molar-refractivity contribution in [3.05, 3.63) is 24.3 Å². The average Bonchev–Trinajstić information content (AvgIpc) is 2.45. The largest absolute Gasteiger partial charge is 0.355 e. The van der Waals surface area contributed by atoms with Gasteiger partial charge in [0.25, 0.3) is 0 Å². The van der Waals surface area contributed by atoms with Gasteiger partial charge in [0.15, 0.2) is 0 Å². The third kappa shape index (κ3) is 7.15. The van der Waals surface area contributed by atoms with Crippen LogP contribution in [0.2, 0.25) is 0 Å². The van der Waals surface area contributed by atoms with Crippen LogP contribution in [0, 0.1) is 0 Å². The van der Waals surface area contributed by atoms with E-state index >= 15 is 0 Å². The molecule has 0 saturated heterocycles. The SMILES string of the molecule is CNCCCNC(=O)C(C)Sc1ccc(NC(C)=O)cc1. The van der Waals surface area contributed by atoms with Gasteiger partial charge in [-0.25, -0.2) is 0 Å². The highest BCUT2D eigenvalue weighted by atomic mass is 32.2. The predicted octanol–water partition coefficient (Wildman–Crippen LogP) is 1.85. The zero-order chi connectivity index (χ0) is 15.7. The molecule has 2 amide bonds. The third-order valence-corrected chi connectivity index (χ3v) is 3.87. The molecule has 0 aliphatic rings. The molecule has 116 valence electrons.